The third-order valence-corrected chi connectivity index (χ3v) is 6.15. The first kappa shape index (κ1) is 14.6. The zero-order valence-electron chi connectivity index (χ0n) is 11.5. The van der Waals surface area contributed by atoms with E-state index in [1.54, 1.807) is 0 Å². The molecule has 1 spiro atoms. The summed E-state index contributed by atoms with van der Waals surface area (Å²) in [5.74, 6) is -0.0255. The van der Waals surface area contributed by atoms with Gasteiger partial charge in [0.2, 0.25) is 0 Å². The molecule has 2 aromatic rings. The van der Waals surface area contributed by atoms with Crippen LogP contribution in [0.25, 0.3) is 0 Å². The van der Waals surface area contributed by atoms with E-state index in [0.717, 1.165) is 20.8 Å². The highest BCUT2D eigenvalue weighted by molar-refractivity contribution is 9.11. The lowest BCUT2D eigenvalue weighted by Gasteiger charge is -2.33. The molecule has 22 heavy (non-hydrogen) atoms. The molecule has 7 heteroatoms. The fourth-order valence-electron chi connectivity index (χ4n) is 3.19. The highest BCUT2D eigenvalue weighted by atomic mass is 79.9. The van der Waals surface area contributed by atoms with Crippen molar-refractivity contribution in [2.24, 2.45) is 0 Å². The van der Waals surface area contributed by atoms with Crippen molar-refractivity contribution in [2.75, 3.05) is 13.2 Å². The Kier molecular flexibility index (Phi) is 3.52. The van der Waals surface area contributed by atoms with Crippen molar-refractivity contribution in [1.29, 1.82) is 0 Å². The Bertz CT molecular complexity index is 758. The second-order valence-corrected chi connectivity index (χ2v) is 8.21. The molecule has 4 rings (SSSR count). The van der Waals surface area contributed by atoms with Crippen LogP contribution in [0, 0.1) is 0 Å². The number of hydrogen-bond acceptors (Lipinski definition) is 4. The molecule has 4 nitrogen and oxygen atoms in total. The van der Waals surface area contributed by atoms with Crippen LogP contribution in [0.5, 0.6) is 0 Å². The second kappa shape index (κ2) is 5.30. The first-order chi connectivity index (χ1) is 10.6. The Labute approximate surface area is 145 Å². The van der Waals surface area contributed by atoms with Gasteiger partial charge in [0.05, 0.1) is 11.5 Å². The smallest absolute Gasteiger partial charge is 0.274 e. The van der Waals surface area contributed by atoms with Crippen LogP contribution >= 0.6 is 38.9 Å². The molecule has 2 aliphatic rings. The van der Waals surface area contributed by atoms with Gasteiger partial charge in [0.1, 0.15) is 11.2 Å². The van der Waals surface area contributed by atoms with Gasteiger partial charge in [-0.05, 0) is 33.6 Å². The fraction of sp³-hybridized carbons (Fsp3) is 0.333. The predicted octanol–water partition coefficient (Wildman–Crippen LogP) is 3.83. The van der Waals surface area contributed by atoms with Crippen LogP contribution in [0.3, 0.4) is 0 Å². The molecule has 0 bridgehead atoms. The SMILES string of the molecule is O=C1c2nc(Br)sc2C2(CCOC2)N1Cc1cccc(Cl)c1. The van der Waals surface area contributed by atoms with E-state index in [2.05, 4.69) is 20.9 Å². The lowest BCUT2D eigenvalue weighted by molar-refractivity contribution is 0.0464. The molecule has 0 N–H and O–H groups in total. The Morgan fingerprint density at radius 3 is 3.09 bits per heavy atom. The number of carbonyl (C=O) groups excluding carboxylic acids is 1. The second-order valence-electron chi connectivity index (χ2n) is 5.50. The minimum absolute atomic E-state index is 0.0255. The highest BCUT2D eigenvalue weighted by Gasteiger charge is 2.54. The van der Waals surface area contributed by atoms with Gasteiger partial charge in [-0.15, -0.1) is 11.3 Å². The topological polar surface area (TPSA) is 42.4 Å². The van der Waals surface area contributed by atoms with Crippen LogP contribution in [-0.4, -0.2) is 29.0 Å². The highest BCUT2D eigenvalue weighted by Crippen LogP contribution is 2.48. The van der Waals surface area contributed by atoms with E-state index in [4.69, 9.17) is 16.3 Å². The first-order valence-electron chi connectivity index (χ1n) is 6.91. The van der Waals surface area contributed by atoms with Gasteiger partial charge < -0.3 is 9.64 Å². The van der Waals surface area contributed by atoms with E-state index in [1.807, 2.05) is 29.2 Å². The minimum Gasteiger partial charge on any atom is -0.379 e. The van der Waals surface area contributed by atoms with Gasteiger partial charge in [-0.2, -0.15) is 0 Å². The largest absolute Gasteiger partial charge is 0.379 e. The summed E-state index contributed by atoms with van der Waals surface area (Å²) >= 11 is 11.0. The van der Waals surface area contributed by atoms with Crippen LogP contribution in [0.4, 0.5) is 0 Å². The maximum Gasteiger partial charge on any atom is 0.274 e. The normalized spacial score (nSPS) is 23.5. The van der Waals surface area contributed by atoms with Crippen molar-refractivity contribution < 1.29 is 9.53 Å². The summed E-state index contributed by atoms with van der Waals surface area (Å²) in [7, 11) is 0. The molecule has 0 radical (unpaired) electrons. The van der Waals surface area contributed by atoms with Crippen LogP contribution in [0.1, 0.15) is 27.3 Å². The molecular formula is C15H12BrClN2O2S. The quantitative estimate of drug-likeness (QED) is 0.771. The van der Waals surface area contributed by atoms with Gasteiger partial charge in [0.15, 0.2) is 3.92 Å². The van der Waals surface area contributed by atoms with E-state index in [9.17, 15) is 4.79 Å². The van der Waals surface area contributed by atoms with Crippen molar-refractivity contribution in [3.05, 3.63) is 49.3 Å². The summed E-state index contributed by atoms with van der Waals surface area (Å²) in [5.41, 5.74) is 1.20. The molecule has 0 aliphatic carbocycles. The lowest BCUT2D eigenvalue weighted by atomic mass is 9.96. The number of hydrogen-bond donors (Lipinski definition) is 0. The number of carbonyl (C=O) groups is 1. The number of rotatable bonds is 2. The number of halogens is 2. The van der Waals surface area contributed by atoms with Crippen LogP contribution in [0.2, 0.25) is 5.02 Å². The molecule has 1 unspecified atom stereocenters. The predicted molar refractivity (Wildman–Crippen MR) is 88.3 cm³/mol. The van der Waals surface area contributed by atoms with Crippen LogP contribution in [-0.2, 0) is 16.8 Å². The van der Waals surface area contributed by atoms with Gasteiger partial charge in [0.25, 0.3) is 5.91 Å². The van der Waals surface area contributed by atoms with Crippen molar-refractivity contribution in [3.63, 3.8) is 0 Å². The number of thiazole rings is 1. The summed E-state index contributed by atoms with van der Waals surface area (Å²) in [6.45, 7) is 1.71. The number of amides is 1. The van der Waals surface area contributed by atoms with Crippen molar-refractivity contribution in [3.8, 4) is 0 Å². The maximum absolute atomic E-state index is 12.8. The molecule has 0 saturated carbocycles. The number of ether oxygens (including phenoxy) is 1. The van der Waals surface area contributed by atoms with Gasteiger partial charge in [0, 0.05) is 24.6 Å². The summed E-state index contributed by atoms with van der Waals surface area (Å²) < 4.78 is 6.38. The molecule has 1 aromatic heterocycles. The summed E-state index contributed by atoms with van der Waals surface area (Å²) in [4.78, 5) is 20.1. The van der Waals surface area contributed by atoms with Crippen molar-refractivity contribution in [1.82, 2.24) is 9.88 Å². The number of benzene rings is 1. The third-order valence-electron chi connectivity index (χ3n) is 4.22. The zero-order chi connectivity index (χ0) is 15.3. The van der Waals surface area contributed by atoms with E-state index in [1.165, 1.54) is 11.3 Å². The minimum atomic E-state index is -0.377. The molecule has 1 aromatic carbocycles. The molecule has 114 valence electrons. The maximum atomic E-state index is 12.8. The van der Waals surface area contributed by atoms with E-state index >= 15 is 0 Å². The Morgan fingerprint density at radius 2 is 2.36 bits per heavy atom. The standard InChI is InChI=1S/C15H12BrClN2O2S/c16-14-18-11-12(22-14)15(4-5-21-8-15)19(13(11)20)7-9-2-1-3-10(17)6-9/h1-3,6H,4-5,7-8H2. The van der Waals surface area contributed by atoms with Gasteiger partial charge in [-0.1, -0.05) is 23.7 Å². The Hall–Kier alpha value is -0.950. The van der Waals surface area contributed by atoms with Crippen LogP contribution < -0.4 is 0 Å². The number of fused-ring (bicyclic) bond motifs is 2. The van der Waals surface area contributed by atoms with E-state index in [-0.39, 0.29) is 11.4 Å². The summed E-state index contributed by atoms with van der Waals surface area (Å²) in [6, 6.07) is 7.62. The Balaban J connectivity index is 1.75. The summed E-state index contributed by atoms with van der Waals surface area (Å²) in [6.07, 6.45) is 0.806. The first-order valence-corrected chi connectivity index (χ1v) is 8.90. The average molecular weight is 400 g/mol. The molecule has 2 aliphatic heterocycles. The van der Waals surface area contributed by atoms with Gasteiger partial charge in [-0.3, -0.25) is 4.79 Å². The number of aromatic nitrogens is 1. The van der Waals surface area contributed by atoms with E-state index in [0.29, 0.717) is 30.5 Å². The van der Waals surface area contributed by atoms with Gasteiger partial charge >= 0.3 is 0 Å². The molecule has 1 amide bonds. The number of nitrogens with zero attached hydrogens (tertiary/aromatic N) is 2. The molecular weight excluding hydrogens is 388 g/mol. The molecule has 3 heterocycles. The fourth-order valence-corrected chi connectivity index (χ4v) is 5.06. The van der Waals surface area contributed by atoms with E-state index < -0.39 is 0 Å². The lowest BCUT2D eigenvalue weighted by Crippen LogP contribution is -2.43. The third kappa shape index (κ3) is 2.12. The van der Waals surface area contributed by atoms with Crippen molar-refractivity contribution >= 4 is 44.8 Å². The monoisotopic (exact) mass is 398 g/mol. The van der Waals surface area contributed by atoms with Crippen LogP contribution in [0.15, 0.2) is 28.2 Å². The van der Waals surface area contributed by atoms with Crippen molar-refractivity contribution in [2.45, 2.75) is 18.5 Å². The molecule has 1 fully saturated rings. The van der Waals surface area contributed by atoms with Gasteiger partial charge in [-0.25, -0.2) is 4.98 Å². The Morgan fingerprint density at radius 1 is 1.50 bits per heavy atom. The molecule has 1 atom stereocenters. The summed E-state index contributed by atoms with van der Waals surface area (Å²) in [5, 5.41) is 0.677. The molecule has 1 saturated heterocycles. The average Bonchev–Trinajstić information content (AvgIpc) is 3.15. The zero-order valence-corrected chi connectivity index (χ0v) is 14.7.